The lowest BCUT2D eigenvalue weighted by molar-refractivity contribution is 0.586. The van der Waals surface area contributed by atoms with E-state index in [9.17, 15) is 8.42 Å². The molecule has 1 fully saturated rings. The first-order valence-electron chi connectivity index (χ1n) is 4.93. The van der Waals surface area contributed by atoms with Gasteiger partial charge in [0.2, 0.25) is 5.28 Å². The van der Waals surface area contributed by atoms with E-state index in [1.165, 1.54) is 0 Å². The maximum atomic E-state index is 11.3. The van der Waals surface area contributed by atoms with Gasteiger partial charge in [0.15, 0.2) is 9.84 Å². The topological polar surface area (TPSA) is 63.2 Å². The predicted molar refractivity (Wildman–Crippen MR) is 62.6 cm³/mol. The minimum absolute atomic E-state index is 0.174. The maximum Gasteiger partial charge on any atom is 0.224 e. The maximum absolute atomic E-state index is 11.3. The summed E-state index contributed by atoms with van der Waals surface area (Å²) in [5, 5.41) is 0.198. The fraction of sp³-hybridized carbons (Fsp3) is 0.556. The molecule has 0 atom stereocenters. The third-order valence-electron chi connectivity index (χ3n) is 2.48. The Kier molecular flexibility index (Phi) is 3.03. The molecule has 0 aromatic carbocycles. The molecule has 1 aromatic heterocycles. The van der Waals surface area contributed by atoms with Crippen molar-refractivity contribution in [3.8, 4) is 0 Å². The van der Waals surface area contributed by atoms with Gasteiger partial charge in [-0.15, -0.1) is 0 Å². The Labute approximate surface area is 99.4 Å². The van der Waals surface area contributed by atoms with Crippen LogP contribution in [0.2, 0.25) is 5.28 Å². The summed E-state index contributed by atoms with van der Waals surface area (Å²) in [6, 6.07) is 1.81. The van der Waals surface area contributed by atoms with Gasteiger partial charge in [-0.1, -0.05) is 0 Å². The summed E-state index contributed by atoms with van der Waals surface area (Å²) >= 11 is 5.76. The fourth-order valence-electron chi connectivity index (χ4n) is 1.62. The number of hydrogen-bond acceptors (Lipinski definition) is 5. The van der Waals surface area contributed by atoms with Gasteiger partial charge < -0.3 is 4.90 Å². The van der Waals surface area contributed by atoms with Gasteiger partial charge in [-0.2, -0.15) is 0 Å². The van der Waals surface area contributed by atoms with Crippen molar-refractivity contribution in [2.75, 3.05) is 29.5 Å². The molecule has 7 heteroatoms. The molecule has 0 bridgehead atoms. The second-order valence-electron chi connectivity index (χ2n) is 3.78. The molecule has 2 heterocycles. The van der Waals surface area contributed by atoms with E-state index < -0.39 is 9.84 Å². The van der Waals surface area contributed by atoms with Crippen molar-refractivity contribution >= 4 is 27.3 Å². The van der Waals surface area contributed by atoms with E-state index in [2.05, 4.69) is 9.97 Å². The molecule has 0 aliphatic carbocycles. The molecule has 0 spiro atoms. The summed E-state index contributed by atoms with van der Waals surface area (Å²) < 4.78 is 22.6. The highest BCUT2D eigenvalue weighted by molar-refractivity contribution is 7.91. The van der Waals surface area contributed by atoms with Crippen LogP contribution in [0.15, 0.2) is 6.07 Å². The van der Waals surface area contributed by atoms with Crippen molar-refractivity contribution in [1.82, 2.24) is 9.97 Å². The first-order chi connectivity index (χ1) is 7.46. The van der Waals surface area contributed by atoms with E-state index in [-0.39, 0.29) is 16.8 Å². The molecule has 0 radical (unpaired) electrons. The van der Waals surface area contributed by atoms with E-state index in [1.807, 2.05) is 17.9 Å². The first kappa shape index (κ1) is 11.6. The van der Waals surface area contributed by atoms with Crippen LogP contribution in [-0.4, -0.2) is 43.0 Å². The highest BCUT2D eigenvalue weighted by Gasteiger charge is 2.22. The molecule has 16 heavy (non-hydrogen) atoms. The zero-order valence-electron chi connectivity index (χ0n) is 8.85. The van der Waals surface area contributed by atoms with Crippen LogP contribution in [0.5, 0.6) is 0 Å². The van der Waals surface area contributed by atoms with Gasteiger partial charge in [-0.05, 0) is 18.5 Å². The molecule has 1 aliphatic heterocycles. The van der Waals surface area contributed by atoms with Crippen molar-refractivity contribution in [2.24, 2.45) is 0 Å². The summed E-state index contributed by atoms with van der Waals surface area (Å²) in [5.74, 6) is 1.05. The van der Waals surface area contributed by atoms with E-state index in [4.69, 9.17) is 11.6 Å². The third-order valence-corrected chi connectivity index (χ3v) is 4.26. The smallest absolute Gasteiger partial charge is 0.224 e. The van der Waals surface area contributed by atoms with Gasteiger partial charge in [0, 0.05) is 24.8 Å². The SMILES string of the molecule is Cc1cc(N2CCS(=O)(=O)CC2)nc(Cl)n1. The summed E-state index contributed by atoms with van der Waals surface area (Å²) in [4.78, 5) is 9.98. The van der Waals surface area contributed by atoms with E-state index in [0.29, 0.717) is 18.9 Å². The molecule has 1 saturated heterocycles. The summed E-state index contributed by atoms with van der Waals surface area (Å²) in [6.45, 7) is 2.77. The second kappa shape index (κ2) is 4.18. The molecular formula is C9H12ClN3O2S. The first-order valence-corrected chi connectivity index (χ1v) is 7.13. The largest absolute Gasteiger partial charge is 0.354 e. The number of nitrogens with zero attached hydrogens (tertiary/aromatic N) is 3. The van der Waals surface area contributed by atoms with Crippen LogP contribution in [-0.2, 0) is 9.84 Å². The molecule has 0 unspecified atom stereocenters. The van der Waals surface area contributed by atoms with E-state index in [1.54, 1.807) is 0 Å². The van der Waals surface area contributed by atoms with Gasteiger partial charge in [0.1, 0.15) is 5.82 Å². The van der Waals surface area contributed by atoms with Crippen LogP contribution in [0.3, 0.4) is 0 Å². The molecule has 0 saturated carbocycles. The van der Waals surface area contributed by atoms with Crippen molar-refractivity contribution in [1.29, 1.82) is 0 Å². The second-order valence-corrected chi connectivity index (χ2v) is 6.42. The van der Waals surface area contributed by atoms with E-state index in [0.717, 1.165) is 5.69 Å². The van der Waals surface area contributed by atoms with Crippen LogP contribution >= 0.6 is 11.6 Å². The minimum atomic E-state index is -2.86. The number of anilines is 1. The van der Waals surface area contributed by atoms with E-state index >= 15 is 0 Å². The quantitative estimate of drug-likeness (QED) is 0.696. The van der Waals surface area contributed by atoms with Crippen LogP contribution in [0.4, 0.5) is 5.82 Å². The Morgan fingerprint density at radius 3 is 2.50 bits per heavy atom. The van der Waals surface area contributed by atoms with Crippen molar-refractivity contribution in [2.45, 2.75) is 6.92 Å². The molecule has 0 amide bonds. The van der Waals surface area contributed by atoms with Crippen molar-refractivity contribution < 1.29 is 8.42 Å². The average Bonchev–Trinajstić information content (AvgIpc) is 2.15. The molecule has 1 aromatic rings. The highest BCUT2D eigenvalue weighted by atomic mass is 35.5. The summed E-state index contributed by atoms with van der Waals surface area (Å²) in [5.41, 5.74) is 0.781. The Balaban J connectivity index is 2.20. The summed E-state index contributed by atoms with van der Waals surface area (Å²) in [6.07, 6.45) is 0. The molecule has 1 aliphatic rings. The van der Waals surface area contributed by atoms with Crippen LogP contribution < -0.4 is 4.90 Å². The Hall–Kier alpha value is -0.880. The predicted octanol–water partition coefficient (Wildman–Crippen LogP) is 0.673. The zero-order chi connectivity index (χ0) is 11.8. The normalized spacial score (nSPS) is 19.8. The Bertz CT molecular complexity index is 469. The number of sulfone groups is 1. The molecule has 5 nitrogen and oxygen atoms in total. The fourth-order valence-corrected chi connectivity index (χ4v) is 3.04. The monoisotopic (exact) mass is 261 g/mol. The van der Waals surface area contributed by atoms with Crippen molar-refractivity contribution in [3.63, 3.8) is 0 Å². The molecule has 0 N–H and O–H groups in total. The van der Waals surface area contributed by atoms with Gasteiger partial charge in [0.05, 0.1) is 11.5 Å². The van der Waals surface area contributed by atoms with Crippen LogP contribution in [0.25, 0.3) is 0 Å². The standard InChI is InChI=1S/C9H12ClN3O2S/c1-7-6-8(12-9(10)11-7)13-2-4-16(14,15)5-3-13/h6H,2-5H2,1H3. The Morgan fingerprint density at radius 1 is 1.31 bits per heavy atom. The van der Waals surface area contributed by atoms with Gasteiger partial charge in [-0.25, -0.2) is 18.4 Å². The molecule has 88 valence electrons. The number of aromatic nitrogens is 2. The van der Waals surface area contributed by atoms with Crippen LogP contribution in [0.1, 0.15) is 5.69 Å². The molecular weight excluding hydrogens is 250 g/mol. The van der Waals surface area contributed by atoms with Gasteiger partial charge >= 0.3 is 0 Å². The average molecular weight is 262 g/mol. The minimum Gasteiger partial charge on any atom is -0.354 e. The Morgan fingerprint density at radius 2 is 1.94 bits per heavy atom. The third kappa shape index (κ3) is 2.62. The lowest BCUT2D eigenvalue weighted by atomic mass is 10.4. The lowest BCUT2D eigenvalue weighted by Gasteiger charge is -2.27. The van der Waals surface area contributed by atoms with Crippen molar-refractivity contribution in [3.05, 3.63) is 17.0 Å². The van der Waals surface area contributed by atoms with Crippen LogP contribution in [0, 0.1) is 6.92 Å². The summed E-state index contributed by atoms with van der Waals surface area (Å²) in [7, 11) is -2.86. The van der Waals surface area contributed by atoms with Gasteiger partial charge in [0.25, 0.3) is 0 Å². The lowest BCUT2D eigenvalue weighted by Crippen LogP contribution is -2.40. The number of aryl methyl sites for hydroxylation is 1. The number of rotatable bonds is 1. The molecule has 2 rings (SSSR count). The van der Waals surface area contributed by atoms with Gasteiger partial charge in [-0.3, -0.25) is 0 Å². The highest BCUT2D eigenvalue weighted by Crippen LogP contribution is 2.17. The zero-order valence-corrected chi connectivity index (χ0v) is 10.4. The number of hydrogen-bond donors (Lipinski definition) is 0. The number of halogens is 1.